The van der Waals surface area contributed by atoms with Gasteiger partial charge in [0.2, 0.25) is 11.8 Å². The number of benzene rings is 2. The van der Waals surface area contributed by atoms with Crippen molar-refractivity contribution in [3.63, 3.8) is 0 Å². The molecule has 4 rings (SSSR count). The zero-order valence-corrected chi connectivity index (χ0v) is 18.9. The summed E-state index contributed by atoms with van der Waals surface area (Å²) in [6.07, 6.45) is 2.94. The summed E-state index contributed by atoms with van der Waals surface area (Å²) in [7, 11) is 1.81. The Balaban J connectivity index is 1.44. The van der Waals surface area contributed by atoms with Crippen molar-refractivity contribution >= 4 is 17.5 Å². The lowest BCUT2D eigenvalue weighted by atomic mass is 9.88. The number of amides is 2. The number of hydrogen-bond donors (Lipinski definition) is 2. The summed E-state index contributed by atoms with van der Waals surface area (Å²) < 4.78 is 0. The third kappa shape index (κ3) is 4.39. The first kappa shape index (κ1) is 22.0. The SMILES string of the molecule is C[C@@H]1CC[C@H](C)N[C@@H]1C(=O)N[C@H](C#N)Cc1ccc(-c2cccc3c2CC(=O)N3C)cc1. The highest BCUT2D eigenvalue weighted by molar-refractivity contribution is 6.03. The Labute approximate surface area is 189 Å². The predicted molar refractivity (Wildman–Crippen MR) is 125 cm³/mol. The van der Waals surface area contributed by atoms with Crippen LogP contribution in [0.1, 0.15) is 37.8 Å². The number of likely N-dealkylation sites (N-methyl/N-ethyl adjacent to an activating group) is 1. The maximum atomic E-state index is 12.8. The average Bonchev–Trinajstić information content (AvgIpc) is 3.09. The molecule has 0 radical (unpaired) electrons. The smallest absolute Gasteiger partial charge is 0.238 e. The second-order valence-electron chi connectivity index (χ2n) is 9.12. The van der Waals surface area contributed by atoms with Crippen LogP contribution < -0.4 is 15.5 Å². The van der Waals surface area contributed by atoms with Crippen LogP contribution >= 0.6 is 0 Å². The zero-order valence-electron chi connectivity index (χ0n) is 18.9. The van der Waals surface area contributed by atoms with Crippen LogP contribution in [0.3, 0.4) is 0 Å². The van der Waals surface area contributed by atoms with Gasteiger partial charge in [0, 0.05) is 25.2 Å². The van der Waals surface area contributed by atoms with Gasteiger partial charge < -0.3 is 15.5 Å². The van der Waals surface area contributed by atoms with E-state index in [9.17, 15) is 14.9 Å². The number of carbonyl (C=O) groups excluding carboxylic acids is 2. The van der Waals surface area contributed by atoms with Gasteiger partial charge in [0.05, 0.1) is 18.5 Å². The summed E-state index contributed by atoms with van der Waals surface area (Å²) in [6, 6.07) is 15.7. The van der Waals surface area contributed by atoms with Crippen LogP contribution in [0.25, 0.3) is 11.1 Å². The minimum absolute atomic E-state index is 0.0964. The number of nitriles is 1. The molecule has 0 saturated carbocycles. The van der Waals surface area contributed by atoms with E-state index in [0.29, 0.717) is 18.9 Å². The Bertz CT molecular complexity index is 1060. The molecular formula is C26H30N4O2. The quantitative estimate of drug-likeness (QED) is 0.763. The topological polar surface area (TPSA) is 85.2 Å². The van der Waals surface area contributed by atoms with Crippen molar-refractivity contribution in [1.29, 1.82) is 5.26 Å². The van der Waals surface area contributed by atoms with Crippen LogP contribution in [-0.2, 0) is 22.4 Å². The van der Waals surface area contributed by atoms with Crippen molar-refractivity contribution < 1.29 is 9.59 Å². The summed E-state index contributed by atoms with van der Waals surface area (Å²) in [5.41, 5.74) is 5.10. The molecule has 166 valence electrons. The Kier molecular flexibility index (Phi) is 6.29. The van der Waals surface area contributed by atoms with Gasteiger partial charge in [-0.25, -0.2) is 0 Å². The van der Waals surface area contributed by atoms with E-state index in [0.717, 1.165) is 40.8 Å². The first-order chi connectivity index (χ1) is 15.4. The second kappa shape index (κ2) is 9.13. The highest BCUT2D eigenvalue weighted by atomic mass is 16.2. The van der Waals surface area contributed by atoms with Crippen molar-refractivity contribution in [2.75, 3.05) is 11.9 Å². The summed E-state index contributed by atoms with van der Waals surface area (Å²) in [5.74, 6) is 0.261. The van der Waals surface area contributed by atoms with Crippen molar-refractivity contribution in [2.45, 2.75) is 57.7 Å². The Morgan fingerprint density at radius 3 is 2.69 bits per heavy atom. The van der Waals surface area contributed by atoms with Crippen molar-refractivity contribution in [2.24, 2.45) is 5.92 Å². The van der Waals surface area contributed by atoms with Gasteiger partial charge in [-0.05, 0) is 54.0 Å². The summed E-state index contributed by atoms with van der Waals surface area (Å²) >= 11 is 0. The number of fused-ring (bicyclic) bond motifs is 1. The van der Waals surface area contributed by atoms with Crippen LogP contribution in [0.2, 0.25) is 0 Å². The van der Waals surface area contributed by atoms with Gasteiger partial charge in [-0.3, -0.25) is 9.59 Å². The van der Waals surface area contributed by atoms with Gasteiger partial charge in [0.25, 0.3) is 0 Å². The minimum Gasteiger partial charge on any atom is -0.339 e. The minimum atomic E-state index is -0.577. The number of anilines is 1. The molecule has 32 heavy (non-hydrogen) atoms. The molecular weight excluding hydrogens is 400 g/mol. The summed E-state index contributed by atoms with van der Waals surface area (Å²) in [5, 5.41) is 15.9. The standard InChI is InChI=1S/C26H30N4O2/c1-16-7-8-17(2)28-25(16)26(32)29-20(15-27)13-18-9-11-19(12-10-18)21-5-4-6-23-22(21)14-24(31)30(23)3/h4-6,9-12,16-17,20,25,28H,7-8,13-14H2,1-3H3,(H,29,32)/t16-,17+,20+,25+/m1/s1. The zero-order chi connectivity index (χ0) is 22.8. The van der Waals surface area contributed by atoms with Gasteiger partial charge in [-0.1, -0.05) is 43.3 Å². The number of piperidine rings is 1. The molecule has 6 heteroatoms. The van der Waals surface area contributed by atoms with E-state index >= 15 is 0 Å². The molecule has 2 N–H and O–H groups in total. The third-order valence-electron chi connectivity index (χ3n) is 6.76. The molecule has 2 aromatic carbocycles. The molecule has 4 atom stereocenters. The van der Waals surface area contributed by atoms with Crippen molar-refractivity contribution in [3.05, 3.63) is 53.6 Å². The molecule has 0 spiro atoms. The van der Waals surface area contributed by atoms with E-state index in [-0.39, 0.29) is 23.8 Å². The molecule has 2 aliphatic heterocycles. The third-order valence-corrected chi connectivity index (χ3v) is 6.76. The molecule has 1 fully saturated rings. The van der Waals surface area contributed by atoms with Crippen LogP contribution in [0, 0.1) is 17.2 Å². The van der Waals surface area contributed by atoms with Gasteiger partial charge in [0.15, 0.2) is 0 Å². The molecule has 1 saturated heterocycles. The van der Waals surface area contributed by atoms with Gasteiger partial charge in [-0.2, -0.15) is 5.26 Å². The van der Waals surface area contributed by atoms with E-state index < -0.39 is 6.04 Å². The molecule has 6 nitrogen and oxygen atoms in total. The van der Waals surface area contributed by atoms with E-state index in [1.807, 2.05) is 49.5 Å². The number of hydrogen-bond acceptors (Lipinski definition) is 4. The lowest BCUT2D eigenvalue weighted by Crippen LogP contribution is -2.55. The number of nitrogens with one attached hydrogen (secondary N) is 2. The van der Waals surface area contributed by atoms with E-state index in [1.165, 1.54) is 0 Å². The normalized spacial score (nSPS) is 23.4. The molecule has 2 amide bonds. The average molecular weight is 431 g/mol. The Morgan fingerprint density at radius 1 is 1.22 bits per heavy atom. The van der Waals surface area contributed by atoms with Gasteiger partial charge in [0.1, 0.15) is 6.04 Å². The van der Waals surface area contributed by atoms with Crippen LogP contribution in [-0.4, -0.2) is 37.0 Å². The second-order valence-corrected chi connectivity index (χ2v) is 9.12. The number of nitrogens with zero attached hydrogens (tertiary/aromatic N) is 2. The lowest BCUT2D eigenvalue weighted by molar-refractivity contribution is -0.125. The van der Waals surface area contributed by atoms with Crippen molar-refractivity contribution in [1.82, 2.24) is 10.6 Å². The van der Waals surface area contributed by atoms with Crippen LogP contribution in [0.5, 0.6) is 0 Å². The highest BCUT2D eigenvalue weighted by Crippen LogP contribution is 2.36. The first-order valence-electron chi connectivity index (χ1n) is 11.3. The Morgan fingerprint density at radius 2 is 1.97 bits per heavy atom. The summed E-state index contributed by atoms with van der Waals surface area (Å²) in [6.45, 7) is 4.17. The lowest BCUT2D eigenvalue weighted by Gasteiger charge is -2.33. The molecule has 2 aromatic rings. The molecule has 0 unspecified atom stereocenters. The molecule has 0 aliphatic carbocycles. The maximum Gasteiger partial charge on any atom is 0.238 e. The Hall–Kier alpha value is -3.17. The summed E-state index contributed by atoms with van der Waals surface area (Å²) in [4.78, 5) is 26.6. The fourth-order valence-electron chi connectivity index (χ4n) is 4.76. The van der Waals surface area contributed by atoms with E-state index in [4.69, 9.17) is 0 Å². The fourth-order valence-corrected chi connectivity index (χ4v) is 4.76. The monoisotopic (exact) mass is 430 g/mol. The molecule has 2 aliphatic rings. The van der Waals surface area contributed by atoms with Gasteiger partial charge in [-0.15, -0.1) is 0 Å². The predicted octanol–water partition coefficient (Wildman–Crippen LogP) is 3.20. The molecule has 2 heterocycles. The number of carbonyl (C=O) groups is 2. The first-order valence-corrected chi connectivity index (χ1v) is 11.3. The molecule has 0 aromatic heterocycles. The fraction of sp³-hybridized carbons (Fsp3) is 0.423. The maximum absolute atomic E-state index is 12.8. The van der Waals surface area contributed by atoms with Crippen LogP contribution in [0.4, 0.5) is 5.69 Å². The highest BCUT2D eigenvalue weighted by Gasteiger charge is 2.31. The van der Waals surface area contributed by atoms with Crippen LogP contribution in [0.15, 0.2) is 42.5 Å². The van der Waals surface area contributed by atoms with E-state index in [2.05, 4.69) is 30.6 Å². The molecule has 0 bridgehead atoms. The van der Waals surface area contributed by atoms with Crippen molar-refractivity contribution in [3.8, 4) is 17.2 Å². The van der Waals surface area contributed by atoms with Gasteiger partial charge >= 0.3 is 0 Å². The largest absolute Gasteiger partial charge is 0.339 e. The number of rotatable bonds is 5. The van der Waals surface area contributed by atoms with E-state index in [1.54, 1.807) is 4.90 Å².